The SMILES string of the molecule is COC(=O)N[C@H](C(=O)N1CCC[C@H]1c1nc2c([nH]1)=CCC([C@H]1CC[C@H](c3ccc4[nH]c([C@@H]5CCCN5C(=O)[C@@H](NC(=O)OC)C(C)C)nc4c3)N1c1ccc(-c3ccccc3)cc1)C=2)C(C)C. The number of aromatic nitrogens is 4. The van der Waals surface area contributed by atoms with E-state index in [9.17, 15) is 19.2 Å². The molecule has 0 saturated carbocycles. The molecule has 2 aromatic heterocycles. The maximum Gasteiger partial charge on any atom is 0.407 e. The van der Waals surface area contributed by atoms with Crippen molar-refractivity contribution in [3.63, 3.8) is 0 Å². The van der Waals surface area contributed by atoms with E-state index in [2.05, 4.69) is 104 Å². The second-order valence-corrected chi connectivity index (χ2v) is 19.2. The van der Waals surface area contributed by atoms with Crippen LogP contribution in [0.2, 0.25) is 0 Å². The number of fused-ring (bicyclic) bond motifs is 2. The number of anilines is 1. The van der Waals surface area contributed by atoms with Crippen LogP contribution in [0, 0.1) is 17.8 Å². The third-order valence-electron chi connectivity index (χ3n) is 14.3. The van der Waals surface area contributed by atoms with Gasteiger partial charge in [0.05, 0.1) is 54.1 Å². The molecule has 0 bridgehead atoms. The molecule has 1 aliphatic carbocycles. The number of methoxy groups -OCH3 is 2. The normalized spacial score (nSPS) is 22.3. The van der Waals surface area contributed by atoms with Crippen molar-refractivity contribution in [2.75, 3.05) is 32.2 Å². The number of hydrogen-bond acceptors (Lipinski definition) is 9. The summed E-state index contributed by atoms with van der Waals surface area (Å²) in [6, 6.07) is 24.3. The van der Waals surface area contributed by atoms with Crippen LogP contribution >= 0.6 is 0 Å². The molecule has 4 aliphatic rings. The van der Waals surface area contributed by atoms with Crippen LogP contribution in [-0.2, 0) is 19.1 Å². The number of alkyl carbamates (subject to hydrolysis) is 2. The first kappa shape index (κ1) is 45.5. The Morgan fingerprint density at radius 2 is 1.28 bits per heavy atom. The Labute approximate surface area is 391 Å². The minimum absolute atomic E-state index is 0.0768. The minimum atomic E-state index is -0.707. The predicted octanol–water partition coefficient (Wildman–Crippen LogP) is 7.03. The molecule has 3 fully saturated rings. The Hall–Kier alpha value is -6.64. The molecule has 67 heavy (non-hydrogen) atoms. The monoisotopic (exact) mass is 909 g/mol. The summed E-state index contributed by atoms with van der Waals surface area (Å²) in [5, 5.41) is 7.39. The lowest BCUT2D eigenvalue weighted by atomic mass is 9.91. The number of amides is 4. The standard InChI is InChI=1S/C52H63N9O6/c1-30(2)45(57-51(64)66-5)49(62)59-26-10-14-43(59)47-53-37-22-18-34(28-39(37)55-47)41-24-25-42(61(41)36-20-16-33(17-21-36)32-12-8-7-9-13-32)35-19-23-38-40(29-35)56-48(54-38)44-15-11-27-60(44)50(63)46(31(3)4)58-52(65)67-6/h7-9,12-13,16-18,20-23,28-31,35,41-46H,10-11,14-15,19,24-27H2,1-6H3,(H,53,55)(H,54,56)(H,57,64)(H,58,65)/t35?,41-,42-,43+,44+,45+,46+/m1/s1. The predicted molar refractivity (Wildman–Crippen MR) is 257 cm³/mol. The Morgan fingerprint density at radius 1 is 0.687 bits per heavy atom. The Kier molecular flexibility index (Phi) is 13.1. The summed E-state index contributed by atoms with van der Waals surface area (Å²) < 4.78 is 9.68. The summed E-state index contributed by atoms with van der Waals surface area (Å²) in [6.07, 6.45) is 9.35. The largest absolute Gasteiger partial charge is 0.453 e. The number of ether oxygens (including phenoxy) is 2. The summed E-state index contributed by atoms with van der Waals surface area (Å²) in [7, 11) is 2.61. The van der Waals surface area contributed by atoms with Gasteiger partial charge in [0.2, 0.25) is 11.8 Å². The van der Waals surface area contributed by atoms with Crippen molar-refractivity contribution < 1.29 is 28.7 Å². The van der Waals surface area contributed by atoms with Crippen LogP contribution in [0.4, 0.5) is 15.3 Å². The lowest BCUT2D eigenvalue weighted by molar-refractivity contribution is -0.136. The zero-order valence-corrected chi connectivity index (χ0v) is 39.3. The van der Waals surface area contributed by atoms with Gasteiger partial charge in [0, 0.05) is 30.7 Å². The number of carbonyl (C=O) groups is 4. The number of benzene rings is 3. The molecule has 0 radical (unpaired) electrons. The van der Waals surface area contributed by atoms with Crippen LogP contribution < -0.4 is 26.2 Å². The fourth-order valence-corrected chi connectivity index (χ4v) is 10.9. The molecule has 5 aromatic rings. The summed E-state index contributed by atoms with van der Waals surface area (Å²) in [6.45, 7) is 8.87. The molecule has 9 rings (SSSR count). The van der Waals surface area contributed by atoms with E-state index in [0.717, 1.165) is 89.6 Å². The molecule has 3 saturated heterocycles. The van der Waals surface area contributed by atoms with Gasteiger partial charge < -0.3 is 44.8 Å². The quantitative estimate of drug-likeness (QED) is 0.102. The van der Waals surface area contributed by atoms with E-state index in [1.807, 2.05) is 43.6 Å². The Balaban J connectivity index is 1.00. The fourth-order valence-electron chi connectivity index (χ4n) is 10.9. The van der Waals surface area contributed by atoms with Crippen LogP contribution in [-0.4, -0.2) is 99.2 Å². The number of rotatable bonds is 12. The smallest absolute Gasteiger partial charge is 0.407 e. The van der Waals surface area contributed by atoms with E-state index in [4.69, 9.17) is 19.4 Å². The first-order chi connectivity index (χ1) is 32.4. The molecular formula is C52H63N9O6. The van der Waals surface area contributed by atoms with Crippen LogP contribution in [0.3, 0.4) is 0 Å². The molecular weight excluding hydrogens is 847 g/mol. The molecule has 4 N–H and O–H groups in total. The van der Waals surface area contributed by atoms with E-state index >= 15 is 0 Å². The summed E-state index contributed by atoms with van der Waals surface area (Å²) in [4.78, 5) is 76.0. The van der Waals surface area contributed by atoms with Gasteiger partial charge in [-0.1, -0.05) is 88.4 Å². The average Bonchev–Trinajstić information content (AvgIpc) is 4.20. The Bertz CT molecular complexity index is 2730. The zero-order chi connectivity index (χ0) is 46.9. The van der Waals surface area contributed by atoms with Gasteiger partial charge in [0.1, 0.15) is 23.7 Å². The number of nitrogens with zero attached hydrogens (tertiary/aromatic N) is 5. The minimum Gasteiger partial charge on any atom is -0.453 e. The fraction of sp³-hybridized carbons (Fsp3) is 0.462. The summed E-state index contributed by atoms with van der Waals surface area (Å²) >= 11 is 0. The van der Waals surface area contributed by atoms with Crippen molar-refractivity contribution in [1.82, 2.24) is 40.4 Å². The summed E-state index contributed by atoms with van der Waals surface area (Å²) in [5.74, 6) is 1.20. The van der Waals surface area contributed by atoms with Crippen molar-refractivity contribution >= 4 is 52.9 Å². The van der Waals surface area contributed by atoms with E-state index in [1.165, 1.54) is 25.3 Å². The molecule has 5 heterocycles. The lowest BCUT2D eigenvalue weighted by Crippen LogP contribution is -2.51. The highest BCUT2D eigenvalue weighted by Crippen LogP contribution is 2.45. The third-order valence-corrected chi connectivity index (χ3v) is 14.3. The molecule has 3 aliphatic heterocycles. The molecule has 3 aromatic carbocycles. The van der Waals surface area contributed by atoms with Crippen molar-refractivity contribution in [2.45, 2.75) is 109 Å². The maximum atomic E-state index is 13.9. The van der Waals surface area contributed by atoms with Crippen molar-refractivity contribution in [1.29, 1.82) is 0 Å². The molecule has 15 heteroatoms. The molecule has 15 nitrogen and oxygen atoms in total. The zero-order valence-electron chi connectivity index (χ0n) is 39.3. The van der Waals surface area contributed by atoms with E-state index in [-0.39, 0.29) is 53.7 Å². The second kappa shape index (κ2) is 19.3. The number of H-pyrrole nitrogens is 2. The maximum absolute atomic E-state index is 13.9. The van der Waals surface area contributed by atoms with Crippen LogP contribution in [0.5, 0.6) is 0 Å². The van der Waals surface area contributed by atoms with Crippen molar-refractivity contribution in [3.05, 3.63) is 101 Å². The lowest BCUT2D eigenvalue weighted by Gasteiger charge is -2.36. The van der Waals surface area contributed by atoms with Gasteiger partial charge in [-0.25, -0.2) is 19.6 Å². The summed E-state index contributed by atoms with van der Waals surface area (Å²) in [5.41, 5.74) is 6.43. The number of carbonyl (C=O) groups excluding carboxylic acids is 4. The van der Waals surface area contributed by atoms with E-state index in [1.54, 1.807) is 0 Å². The third kappa shape index (κ3) is 9.12. The van der Waals surface area contributed by atoms with Crippen molar-refractivity contribution in [3.8, 4) is 11.1 Å². The molecule has 352 valence electrons. The number of imidazole rings is 2. The molecule has 0 spiro atoms. The molecule has 1 unspecified atom stereocenters. The van der Waals surface area contributed by atoms with Gasteiger partial charge in [-0.3, -0.25) is 9.59 Å². The highest BCUT2D eigenvalue weighted by Gasteiger charge is 2.41. The van der Waals surface area contributed by atoms with Gasteiger partial charge in [-0.2, -0.15) is 0 Å². The van der Waals surface area contributed by atoms with Gasteiger partial charge in [-0.15, -0.1) is 0 Å². The molecule has 4 amide bonds. The average molecular weight is 910 g/mol. The number of hydrogen-bond donors (Lipinski definition) is 4. The number of nitrogens with one attached hydrogen (secondary N) is 4. The first-order valence-electron chi connectivity index (χ1n) is 23.9. The molecule has 7 atom stereocenters. The van der Waals surface area contributed by atoms with Crippen LogP contribution in [0.1, 0.15) is 108 Å². The van der Waals surface area contributed by atoms with Crippen LogP contribution in [0.25, 0.3) is 34.3 Å². The van der Waals surface area contributed by atoms with Gasteiger partial charge in [0.25, 0.3) is 0 Å². The second-order valence-electron chi connectivity index (χ2n) is 19.2. The Morgan fingerprint density at radius 3 is 1.88 bits per heavy atom. The number of likely N-dealkylation sites (tertiary alicyclic amines) is 2. The van der Waals surface area contributed by atoms with Gasteiger partial charge in [-0.05, 0) is 97.7 Å². The van der Waals surface area contributed by atoms with Gasteiger partial charge in [0.15, 0.2) is 0 Å². The van der Waals surface area contributed by atoms with Gasteiger partial charge >= 0.3 is 12.2 Å². The van der Waals surface area contributed by atoms with Crippen molar-refractivity contribution in [2.24, 2.45) is 17.8 Å². The first-order valence-corrected chi connectivity index (χ1v) is 23.9. The highest BCUT2D eigenvalue weighted by molar-refractivity contribution is 5.87. The van der Waals surface area contributed by atoms with E-state index < -0.39 is 24.3 Å². The highest BCUT2D eigenvalue weighted by atomic mass is 16.5. The topological polar surface area (TPSA) is 178 Å². The van der Waals surface area contributed by atoms with E-state index in [0.29, 0.717) is 13.1 Å². The van der Waals surface area contributed by atoms with Crippen LogP contribution in [0.15, 0.2) is 72.8 Å². The number of aromatic amines is 2.